The Morgan fingerprint density at radius 2 is 1.78 bits per heavy atom. The van der Waals surface area contributed by atoms with Crippen LogP contribution in [0.1, 0.15) is 56.4 Å². The van der Waals surface area contributed by atoms with Crippen LogP contribution in [0.4, 0.5) is 0 Å². The number of nitrogens with one attached hydrogen (secondary N) is 1. The lowest BCUT2D eigenvalue weighted by Gasteiger charge is -2.22. The Kier molecular flexibility index (Phi) is 7.01. The van der Waals surface area contributed by atoms with Gasteiger partial charge in [0, 0.05) is 12.6 Å². The zero-order chi connectivity index (χ0) is 17.6. The minimum absolute atomic E-state index is 0.0186. The van der Waals surface area contributed by atoms with E-state index in [0.29, 0.717) is 6.42 Å². The van der Waals surface area contributed by atoms with Gasteiger partial charge in [-0.1, -0.05) is 29.8 Å². The van der Waals surface area contributed by atoms with E-state index in [0.717, 1.165) is 6.54 Å². The lowest BCUT2D eigenvalue weighted by molar-refractivity contribution is -0.155. The molecule has 0 heterocycles. The standard InChI is InChI=1S/C20H31NO2/c1-8-9-17(12-19(22)23-20(5,6)7)21-13-18-15(3)10-14(2)11-16(18)4/h8-11,17,21H,12-13H2,1-7H3/b9-8+/t17-/m0/s1. The Balaban J connectivity index is 2.73. The molecule has 0 spiro atoms. The van der Waals surface area contributed by atoms with Crippen molar-refractivity contribution in [2.45, 2.75) is 73.1 Å². The molecule has 0 aliphatic carbocycles. The van der Waals surface area contributed by atoms with Crippen LogP contribution < -0.4 is 5.32 Å². The number of esters is 1. The Bertz CT molecular complexity index is 544. The summed E-state index contributed by atoms with van der Waals surface area (Å²) in [6.45, 7) is 14.8. The Morgan fingerprint density at radius 1 is 1.22 bits per heavy atom. The van der Waals surface area contributed by atoms with Crippen LogP contribution in [0.15, 0.2) is 24.3 Å². The lowest BCUT2D eigenvalue weighted by atomic mass is 9.99. The first-order valence-corrected chi connectivity index (χ1v) is 8.27. The van der Waals surface area contributed by atoms with Crippen LogP contribution in [0.5, 0.6) is 0 Å². The molecule has 0 fully saturated rings. The zero-order valence-electron chi connectivity index (χ0n) is 15.6. The van der Waals surface area contributed by atoms with Crippen molar-refractivity contribution in [1.29, 1.82) is 0 Å². The second-order valence-electron chi connectivity index (χ2n) is 7.18. The van der Waals surface area contributed by atoms with Crippen LogP contribution >= 0.6 is 0 Å². The summed E-state index contributed by atoms with van der Waals surface area (Å²) >= 11 is 0. The summed E-state index contributed by atoms with van der Waals surface area (Å²) in [5.41, 5.74) is 4.71. The number of allylic oxidation sites excluding steroid dienone is 1. The smallest absolute Gasteiger partial charge is 0.308 e. The number of hydrogen-bond acceptors (Lipinski definition) is 3. The average Bonchev–Trinajstić information content (AvgIpc) is 2.34. The number of ether oxygens (including phenoxy) is 1. The summed E-state index contributed by atoms with van der Waals surface area (Å²) in [5, 5.41) is 3.47. The van der Waals surface area contributed by atoms with Gasteiger partial charge in [-0.2, -0.15) is 0 Å². The normalized spacial score (nSPS) is 13.3. The van der Waals surface area contributed by atoms with Crippen LogP contribution in [0.2, 0.25) is 0 Å². The van der Waals surface area contributed by atoms with Gasteiger partial charge in [0.25, 0.3) is 0 Å². The molecule has 3 heteroatoms. The maximum atomic E-state index is 12.0. The number of benzene rings is 1. The van der Waals surface area contributed by atoms with Gasteiger partial charge in [0.15, 0.2) is 0 Å². The van der Waals surface area contributed by atoms with E-state index in [1.807, 2.05) is 39.8 Å². The van der Waals surface area contributed by atoms with Crippen molar-refractivity contribution < 1.29 is 9.53 Å². The molecule has 0 amide bonds. The minimum Gasteiger partial charge on any atom is -0.460 e. The number of hydrogen-bond donors (Lipinski definition) is 1. The lowest BCUT2D eigenvalue weighted by Crippen LogP contribution is -2.33. The van der Waals surface area contributed by atoms with Gasteiger partial charge >= 0.3 is 5.97 Å². The fourth-order valence-electron chi connectivity index (χ4n) is 2.73. The van der Waals surface area contributed by atoms with Crippen molar-refractivity contribution in [3.63, 3.8) is 0 Å². The molecule has 0 saturated heterocycles. The summed E-state index contributed by atoms with van der Waals surface area (Å²) < 4.78 is 5.42. The van der Waals surface area contributed by atoms with E-state index in [4.69, 9.17) is 4.74 Å². The monoisotopic (exact) mass is 317 g/mol. The molecule has 0 unspecified atom stereocenters. The predicted octanol–water partition coefficient (Wildman–Crippen LogP) is 4.38. The summed E-state index contributed by atoms with van der Waals surface area (Å²) in [7, 11) is 0. The van der Waals surface area contributed by atoms with Crippen molar-refractivity contribution in [1.82, 2.24) is 5.32 Å². The molecule has 3 nitrogen and oxygen atoms in total. The first kappa shape index (κ1) is 19.4. The van der Waals surface area contributed by atoms with E-state index in [9.17, 15) is 4.79 Å². The van der Waals surface area contributed by atoms with E-state index >= 15 is 0 Å². The molecular weight excluding hydrogens is 286 g/mol. The average molecular weight is 317 g/mol. The van der Waals surface area contributed by atoms with Crippen LogP contribution in [0.3, 0.4) is 0 Å². The van der Waals surface area contributed by atoms with E-state index in [1.165, 1.54) is 22.3 Å². The summed E-state index contributed by atoms with van der Waals surface area (Å²) in [5.74, 6) is -0.176. The third-order valence-corrected chi connectivity index (χ3v) is 3.61. The quantitative estimate of drug-likeness (QED) is 0.625. The van der Waals surface area contributed by atoms with Crippen molar-refractivity contribution in [3.05, 3.63) is 46.5 Å². The highest BCUT2D eigenvalue weighted by atomic mass is 16.6. The molecule has 0 aliphatic heterocycles. The maximum absolute atomic E-state index is 12.0. The molecule has 23 heavy (non-hydrogen) atoms. The fraction of sp³-hybridized carbons (Fsp3) is 0.550. The largest absolute Gasteiger partial charge is 0.460 e. The number of carbonyl (C=O) groups excluding carboxylic acids is 1. The second kappa shape index (κ2) is 8.30. The van der Waals surface area contributed by atoms with Crippen LogP contribution in [0.25, 0.3) is 0 Å². The van der Waals surface area contributed by atoms with Crippen LogP contribution in [-0.4, -0.2) is 17.6 Å². The first-order valence-electron chi connectivity index (χ1n) is 8.27. The molecule has 1 N–H and O–H groups in total. The highest BCUT2D eigenvalue weighted by Gasteiger charge is 2.19. The number of rotatable bonds is 6. The SMILES string of the molecule is C/C=C/[C@@H](CC(=O)OC(C)(C)C)NCc1c(C)cc(C)cc1C. The molecule has 128 valence electrons. The van der Waals surface area contributed by atoms with E-state index in [-0.39, 0.29) is 12.0 Å². The van der Waals surface area contributed by atoms with Gasteiger partial charge < -0.3 is 10.1 Å². The molecule has 0 aliphatic rings. The number of aryl methyl sites for hydroxylation is 3. The molecule has 0 aromatic heterocycles. The molecule has 0 radical (unpaired) electrons. The summed E-state index contributed by atoms with van der Waals surface area (Å²) in [4.78, 5) is 12.0. The van der Waals surface area contributed by atoms with Gasteiger partial charge in [-0.15, -0.1) is 0 Å². The van der Waals surface area contributed by atoms with Crippen LogP contribution in [-0.2, 0) is 16.1 Å². The van der Waals surface area contributed by atoms with Crippen LogP contribution in [0, 0.1) is 20.8 Å². The molecular formula is C20H31NO2. The second-order valence-corrected chi connectivity index (χ2v) is 7.18. The zero-order valence-corrected chi connectivity index (χ0v) is 15.6. The third-order valence-electron chi connectivity index (χ3n) is 3.61. The molecule has 1 atom stereocenters. The van der Waals surface area contributed by atoms with E-state index in [1.54, 1.807) is 0 Å². The minimum atomic E-state index is -0.443. The molecule has 1 aromatic rings. The third kappa shape index (κ3) is 7.00. The van der Waals surface area contributed by atoms with Gasteiger partial charge in [0.1, 0.15) is 5.60 Å². The maximum Gasteiger partial charge on any atom is 0.308 e. The van der Waals surface area contributed by atoms with Crippen molar-refractivity contribution in [2.75, 3.05) is 0 Å². The van der Waals surface area contributed by atoms with Gasteiger partial charge in [-0.05, 0) is 65.2 Å². The van der Waals surface area contributed by atoms with Crippen molar-refractivity contribution >= 4 is 5.97 Å². The fourth-order valence-corrected chi connectivity index (χ4v) is 2.73. The first-order chi connectivity index (χ1) is 10.6. The van der Waals surface area contributed by atoms with Gasteiger partial charge in [-0.3, -0.25) is 4.79 Å². The van der Waals surface area contributed by atoms with Crippen molar-refractivity contribution in [3.8, 4) is 0 Å². The highest BCUT2D eigenvalue weighted by molar-refractivity contribution is 5.71. The molecule has 1 rings (SSSR count). The topological polar surface area (TPSA) is 38.3 Å². The van der Waals surface area contributed by atoms with Gasteiger partial charge in [0.2, 0.25) is 0 Å². The molecule has 0 bridgehead atoms. The Hall–Kier alpha value is -1.61. The van der Waals surface area contributed by atoms with Gasteiger partial charge in [0.05, 0.1) is 6.42 Å². The summed E-state index contributed by atoms with van der Waals surface area (Å²) in [6.07, 6.45) is 4.32. The van der Waals surface area contributed by atoms with E-state index < -0.39 is 5.60 Å². The van der Waals surface area contributed by atoms with Gasteiger partial charge in [-0.25, -0.2) is 0 Å². The van der Waals surface area contributed by atoms with E-state index in [2.05, 4.69) is 38.2 Å². The molecule has 1 aromatic carbocycles. The van der Waals surface area contributed by atoms with Crippen molar-refractivity contribution in [2.24, 2.45) is 0 Å². The Morgan fingerprint density at radius 3 is 2.26 bits per heavy atom. The predicted molar refractivity (Wildman–Crippen MR) is 96.6 cm³/mol. The number of carbonyl (C=O) groups is 1. The highest BCUT2D eigenvalue weighted by Crippen LogP contribution is 2.17. The Labute approximate surface area is 141 Å². The molecule has 0 saturated carbocycles. The summed E-state index contributed by atoms with van der Waals surface area (Å²) in [6, 6.07) is 4.38.